The van der Waals surface area contributed by atoms with Crippen molar-refractivity contribution in [3.05, 3.63) is 29.8 Å². The molecule has 1 aliphatic rings. The van der Waals surface area contributed by atoms with Gasteiger partial charge >= 0.3 is 0 Å². The van der Waals surface area contributed by atoms with Crippen LogP contribution in [0.2, 0.25) is 0 Å². The Morgan fingerprint density at radius 1 is 1.29 bits per heavy atom. The second kappa shape index (κ2) is 5.54. The van der Waals surface area contributed by atoms with Crippen LogP contribution in [0.25, 0.3) is 0 Å². The summed E-state index contributed by atoms with van der Waals surface area (Å²) in [5.74, 6) is 2.89. The minimum Gasteiger partial charge on any atom is -0.326 e. The number of hydrogen-bond donors (Lipinski definition) is 1. The number of carbonyl (C=O) groups is 1. The van der Waals surface area contributed by atoms with E-state index >= 15 is 0 Å². The lowest BCUT2D eigenvalue weighted by Crippen LogP contribution is -2.24. The quantitative estimate of drug-likeness (QED) is 0.772. The summed E-state index contributed by atoms with van der Waals surface area (Å²) in [5, 5.41) is 2.95. The van der Waals surface area contributed by atoms with Crippen LogP contribution in [0.4, 0.5) is 5.69 Å². The van der Waals surface area contributed by atoms with E-state index in [1.54, 1.807) is 0 Å². The lowest BCUT2D eigenvalue weighted by atomic mass is 9.88. The molecule has 1 aromatic carbocycles. The first kappa shape index (κ1) is 11.7. The van der Waals surface area contributed by atoms with E-state index in [2.05, 4.69) is 11.2 Å². The van der Waals surface area contributed by atoms with Crippen LogP contribution in [0.5, 0.6) is 0 Å². The van der Waals surface area contributed by atoms with Gasteiger partial charge in [0.15, 0.2) is 0 Å². The molecular formula is C15H17NO. The number of carbonyl (C=O) groups excluding carboxylic acids is 1. The highest BCUT2D eigenvalue weighted by Gasteiger charge is 2.20. The Morgan fingerprint density at radius 2 is 2.06 bits per heavy atom. The first-order valence-electron chi connectivity index (χ1n) is 6.17. The Hall–Kier alpha value is -1.75. The summed E-state index contributed by atoms with van der Waals surface area (Å²) in [6, 6.07) is 7.43. The smallest absolute Gasteiger partial charge is 0.227 e. The SMILES string of the molecule is C#Cc1cccc(NC(=O)C2CCCCC2)c1. The zero-order valence-corrected chi connectivity index (χ0v) is 9.91. The third kappa shape index (κ3) is 3.10. The third-order valence-electron chi connectivity index (χ3n) is 3.27. The summed E-state index contributed by atoms with van der Waals surface area (Å²) in [6.45, 7) is 0. The molecule has 0 spiro atoms. The monoisotopic (exact) mass is 227 g/mol. The van der Waals surface area contributed by atoms with E-state index in [1.807, 2.05) is 24.3 Å². The van der Waals surface area contributed by atoms with Gasteiger partial charge in [-0.25, -0.2) is 0 Å². The second-order valence-electron chi connectivity index (χ2n) is 4.55. The summed E-state index contributed by atoms with van der Waals surface area (Å²) in [7, 11) is 0. The molecule has 0 radical (unpaired) electrons. The molecule has 0 heterocycles. The van der Waals surface area contributed by atoms with Crippen molar-refractivity contribution >= 4 is 11.6 Å². The van der Waals surface area contributed by atoms with Gasteiger partial charge < -0.3 is 5.32 Å². The molecule has 0 unspecified atom stereocenters. The van der Waals surface area contributed by atoms with Gasteiger partial charge in [-0.3, -0.25) is 4.79 Å². The van der Waals surface area contributed by atoms with Crippen LogP contribution >= 0.6 is 0 Å². The predicted octanol–water partition coefficient (Wildman–Crippen LogP) is 3.19. The number of hydrogen-bond acceptors (Lipinski definition) is 1. The van der Waals surface area contributed by atoms with E-state index in [9.17, 15) is 4.79 Å². The number of terminal acetylenes is 1. The zero-order valence-electron chi connectivity index (χ0n) is 9.91. The average molecular weight is 227 g/mol. The molecule has 2 rings (SSSR count). The summed E-state index contributed by atoms with van der Waals surface area (Å²) in [5.41, 5.74) is 1.60. The Bertz CT molecular complexity index is 438. The molecule has 0 saturated heterocycles. The van der Waals surface area contributed by atoms with Crippen LogP contribution in [0.1, 0.15) is 37.7 Å². The topological polar surface area (TPSA) is 29.1 Å². The fourth-order valence-electron chi connectivity index (χ4n) is 2.30. The van der Waals surface area contributed by atoms with E-state index in [-0.39, 0.29) is 11.8 Å². The number of amides is 1. The maximum Gasteiger partial charge on any atom is 0.227 e. The zero-order chi connectivity index (χ0) is 12.1. The molecule has 0 aliphatic heterocycles. The van der Waals surface area contributed by atoms with Crippen LogP contribution in [-0.2, 0) is 4.79 Å². The normalized spacial score (nSPS) is 16.2. The van der Waals surface area contributed by atoms with Crippen molar-refractivity contribution in [3.8, 4) is 12.3 Å². The molecule has 1 N–H and O–H groups in total. The van der Waals surface area contributed by atoms with Gasteiger partial charge in [0.25, 0.3) is 0 Å². The first-order valence-corrected chi connectivity index (χ1v) is 6.17. The summed E-state index contributed by atoms with van der Waals surface area (Å²) >= 11 is 0. The third-order valence-corrected chi connectivity index (χ3v) is 3.27. The molecule has 1 aromatic rings. The predicted molar refractivity (Wildman–Crippen MR) is 69.6 cm³/mol. The number of rotatable bonds is 2. The van der Waals surface area contributed by atoms with Crippen molar-refractivity contribution < 1.29 is 4.79 Å². The maximum atomic E-state index is 12.0. The lowest BCUT2D eigenvalue weighted by molar-refractivity contribution is -0.120. The summed E-state index contributed by atoms with van der Waals surface area (Å²) in [6.07, 6.45) is 11.0. The highest BCUT2D eigenvalue weighted by Crippen LogP contribution is 2.25. The Balaban J connectivity index is 1.99. The van der Waals surface area contributed by atoms with E-state index in [1.165, 1.54) is 19.3 Å². The Morgan fingerprint density at radius 3 is 2.76 bits per heavy atom. The summed E-state index contributed by atoms with van der Waals surface area (Å²) in [4.78, 5) is 12.0. The molecule has 17 heavy (non-hydrogen) atoms. The molecule has 0 atom stereocenters. The molecule has 1 fully saturated rings. The number of benzene rings is 1. The highest BCUT2D eigenvalue weighted by atomic mass is 16.1. The molecule has 88 valence electrons. The van der Waals surface area contributed by atoms with E-state index in [0.717, 1.165) is 24.1 Å². The van der Waals surface area contributed by atoms with E-state index in [0.29, 0.717) is 0 Å². The molecule has 0 aromatic heterocycles. The van der Waals surface area contributed by atoms with Crippen molar-refractivity contribution in [1.29, 1.82) is 0 Å². The van der Waals surface area contributed by atoms with E-state index in [4.69, 9.17) is 6.42 Å². The van der Waals surface area contributed by atoms with Crippen molar-refractivity contribution in [2.45, 2.75) is 32.1 Å². The van der Waals surface area contributed by atoms with Crippen molar-refractivity contribution in [2.24, 2.45) is 5.92 Å². The molecule has 2 nitrogen and oxygen atoms in total. The minimum absolute atomic E-state index is 0.138. The number of nitrogens with one attached hydrogen (secondary N) is 1. The minimum atomic E-state index is 0.138. The standard InChI is InChI=1S/C15H17NO/c1-2-12-7-6-10-14(11-12)16-15(17)13-8-4-3-5-9-13/h1,6-7,10-11,13H,3-5,8-9H2,(H,16,17). The Labute approximate surface area is 102 Å². The van der Waals surface area contributed by atoms with Crippen LogP contribution in [0, 0.1) is 18.3 Å². The first-order chi connectivity index (χ1) is 8.29. The Kier molecular flexibility index (Phi) is 3.82. The maximum absolute atomic E-state index is 12.0. The van der Waals surface area contributed by atoms with Crippen molar-refractivity contribution in [3.63, 3.8) is 0 Å². The van der Waals surface area contributed by atoms with Gasteiger partial charge in [-0.05, 0) is 31.0 Å². The van der Waals surface area contributed by atoms with Gasteiger partial charge in [0.05, 0.1) is 0 Å². The molecule has 0 bridgehead atoms. The fraction of sp³-hybridized carbons (Fsp3) is 0.400. The average Bonchev–Trinajstić information content (AvgIpc) is 2.40. The molecule has 1 saturated carbocycles. The van der Waals surface area contributed by atoms with Crippen molar-refractivity contribution in [1.82, 2.24) is 0 Å². The lowest BCUT2D eigenvalue weighted by Gasteiger charge is -2.20. The second-order valence-corrected chi connectivity index (χ2v) is 4.55. The van der Waals surface area contributed by atoms with Gasteiger partial charge in [0.1, 0.15) is 0 Å². The van der Waals surface area contributed by atoms with Crippen LogP contribution < -0.4 is 5.32 Å². The van der Waals surface area contributed by atoms with Gasteiger partial charge in [-0.15, -0.1) is 6.42 Å². The fourth-order valence-corrected chi connectivity index (χ4v) is 2.30. The molecule has 2 heteroatoms. The summed E-state index contributed by atoms with van der Waals surface area (Å²) < 4.78 is 0. The van der Waals surface area contributed by atoms with Gasteiger partial charge in [-0.1, -0.05) is 31.2 Å². The van der Waals surface area contributed by atoms with Crippen LogP contribution in [-0.4, -0.2) is 5.91 Å². The molecule has 1 aliphatic carbocycles. The van der Waals surface area contributed by atoms with Crippen LogP contribution in [0.15, 0.2) is 24.3 Å². The van der Waals surface area contributed by atoms with Crippen LogP contribution in [0.3, 0.4) is 0 Å². The largest absolute Gasteiger partial charge is 0.326 e. The van der Waals surface area contributed by atoms with Gasteiger partial charge in [-0.2, -0.15) is 0 Å². The number of anilines is 1. The highest BCUT2D eigenvalue weighted by molar-refractivity contribution is 5.92. The van der Waals surface area contributed by atoms with Gasteiger partial charge in [0.2, 0.25) is 5.91 Å². The van der Waals surface area contributed by atoms with E-state index < -0.39 is 0 Å². The molecular weight excluding hydrogens is 210 g/mol. The van der Waals surface area contributed by atoms with Gasteiger partial charge in [0, 0.05) is 17.2 Å². The van der Waals surface area contributed by atoms with Crippen molar-refractivity contribution in [2.75, 3.05) is 5.32 Å². The molecule has 1 amide bonds.